The Morgan fingerprint density at radius 1 is 1.20 bits per heavy atom. The fourth-order valence-electron chi connectivity index (χ4n) is 3.25. The highest BCUT2D eigenvalue weighted by atomic mass is 16.4. The maximum Gasteiger partial charge on any atom is 0.313 e. The molecule has 1 aliphatic carbocycles. The van der Waals surface area contributed by atoms with Crippen LogP contribution < -0.4 is 5.32 Å². The van der Waals surface area contributed by atoms with E-state index in [0.717, 1.165) is 16.9 Å². The summed E-state index contributed by atoms with van der Waals surface area (Å²) in [6, 6.07) is 11.7. The third-order valence-corrected chi connectivity index (χ3v) is 4.80. The first-order chi connectivity index (χ1) is 12.0. The third kappa shape index (κ3) is 3.48. The number of allylic oxidation sites excluding steroid dienone is 2. The standard InChI is InChI=1S/C21H22N2O2/c1-15-8-7-11-19(16(15)2)23-21(14-17-9-4-6-13-22-17)12-5-3-10-18(21)20(24)25/h3-13,18,23H,14H2,1-2H3,(H,24,25). The number of benzene rings is 1. The maximum absolute atomic E-state index is 12.0. The van der Waals surface area contributed by atoms with Crippen LogP contribution >= 0.6 is 0 Å². The maximum atomic E-state index is 12.0. The zero-order valence-corrected chi connectivity index (χ0v) is 14.4. The van der Waals surface area contributed by atoms with Gasteiger partial charge in [-0.25, -0.2) is 0 Å². The highest BCUT2D eigenvalue weighted by Crippen LogP contribution is 2.34. The van der Waals surface area contributed by atoms with Gasteiger partial charge in [0.15, 0.2) is 0 Å². The zero-order chi connectivity index (χ0) is 17.9. The van der Waals surface area contributed by atoms with Gasteiger partial charge in [-0.2, -0.15) is 0 Å². The number of aryl methyl sites for hydroxylation is 1. The van der Waals surface area contributed by atoms with E-state index in [9.17, 15) is 9.90 Å². The summed E-state index contributed by atoms with van der Waals surface area (Å²) in [4.78, 5) is 16.4. The summed E-state index contributed by atoms with van der Waals surface area (Å²) in [7, 11) is 0. The molecule has 0 bridgehead atoms. The Balaban J connectivity index is 2.05. The Labute approximate surface area is 147 Å². The Hall–Kier alpha value is -2.88. The molecular weight excluding hydrogens is 312 g/mol. The quantitative estimate of drug-likeness (QED) is 0.870. The number of rotatable bonds is 5. The first-order valence-corrected chi connectivity index (χ1v) is 8.35. The van der Waals surface area contributed by atoms with Crippen molar-refractivity contribution in [1.29, 1.82) is 0 Å². The largest absolute Gasteiger partial charge is 0.481 e. The van der Waals surface area contributed by atoms with Crippen LogP contribution in [0.1, 0.15) is 16.8 Å². The molecule has 4 nitrogen and oxygen atoms in total. The van der Waals surface area contributed by atoms with Crippen LogP contribution in [0.3, 0.4) is 0 Å². The Morgan fingerprint density at radius 3 is 2.76 bits per heavy atom. The number of nitrogens with zero attached hydrogens (tertiary/aromatic N) is 1. The molecule has 1 heterocycles. The second-order valence-electron chi connectivity index (χ2n) is 6.47. The normalized spacial score (nSPS) is 21.9. The molecule has 25 heavy (non-hydrogen) atoms. The van der Waals surface area contributed by atoms with E-state index < -0.39 is 17.4 Å². The second-order valence-corrected chi connectivity index (χ2v) is 6.47. The lowest BCUT2D eigenvalue weighted by atomic mass is 9.76. The first-order valence-electron chi connectivity index (χ1n) is 8.35. The lowest BCUT2D eigenvalue weighted by molar-refractivity contribution is -0.141. The minimum Gasteiger partial charge on any atom is -0.481 e. The molecule has 0 fully saturated rings. The van der Waals surface area contributed by atoms with Crippen LogP contribution in [0.2, 0.25) is 0 Å². The van der Waals surface area contributed by atoms with Crippen molar-refractivity contribution < 1.29 is 9.90 Å². The molecule has 2 unspecified atom stereocenters. The van der Waals surface area contributed by atoms with Gasteiger partial charge >= 0.3 is 5.97 Å². The van der Waals surface area contributed by atoms with Crippen LogP contribution in [0.4, 0.5) is 5.69 Å². The molecule has 2 N–H and O–H groups in total. The number of hydrogen-bond donors (Lipinski definition) is 2. The van der Waals surface area contributed by atoms with E-state index in [4.69, 9.17) is 0 Å². The summed E-state index contributed by atoms with van der Waals surface area (Å²) in [6.45, 7) is 4.10. The van der Waals surface area contributed by atoms with Gasteiger partial charge in [-0.1, -0.05) is 42.5 Å². The summed E-state index contributed by atoms with van der Waals surface area (Å²) >= 11 is 0. The summed E-state index contributed by atoms with van der Waals surface area (Å²) in [5, 5.41) is 13.3. The predicted octanol–water partition coefficient (Wildman–Crippen LogP) is 3.92. The highest BCUT2D eigenvalue weighted by Gasteiger charge is 2.41. The van der Waals surface area contributed by atoms with E-state index in [2.05, 4.69) is 23.3 Å². The number of hydrogen-bond acceptors (Lipinski definition) is 3. The van der Waals surface area contributed by atoms with Crippen LogP contribution in [0.25, 0.3) is 0 Å². The van der Waals surface area contributed by atoms with E-state index >= 15 is 0 Å². The molecule has 1 aliphatic rings. The van der Waals surface area contributed by atoms with Gasteiger partial charge in [-0.3, -0.25) is 9.78 Å². The Bertz CT molecular complexity index is 827. The molecule has 0 spiro atoms. The van der Waals surface area contributed by atoms with Crippen LogP contribution in [0, 0.1) is 19.8 Å². The molecule has 1 aromatic carbocycles. The number of carboxylic acids is 1. The zero-order valence-electron chi connectivity index (χ0n) is 14.4. The number of aromatic nitrogens is 1. The predicted molar refractivity (Wildman–Crippen MR) is 99.6 cm³/mol. The van der Waals surface area contributed by atoms with Gasteiger partial charge in [-0.15, -0.1) is 0 Å². The average Bonchev–Trinajstić information content (AvgIpc) is 2.60. The number of carbonyl (C=O) groups is 1. The van der Waals surface area contributed by atoms with Crippen LogP contribution in [0.15, 0.2) is 66.9 Å². The van der Waals surface area contributed by atoms with Crippen molar-refractivity contribution in [3.63, 3.8) is 0 Å². The molecular formula is C21H22N2O2. The van der Waals surface area contributed by atoms with Gasteiger partial charge in [0.1, 0.15) is 5.92 Å². The van der Waals surface area contributed by atoms with E-state index in [0.29, 0.717) is 6.42 Å². The molecule has 0 aliphatic heterocycles. The van der Waals surface area contributed by atoms with Gasteiger partial charge in [0.25, 0.3) is 0 Å². The molecule has 0 saturated carbocycles. The number of carboxylic acid groups (broad SMARTS) is 1. The second kappa shape index (κ2) is 6.93. The van der Waals surface area contributed by atoms with Crippen molar-refractivity contribution in [2.45, 2.75) is 25.8 Å². The van der Waals surface area contributed by atoms with Gasteiger partial charge in [0.05, 0.1) is 5.54 Å². The Kier molecular flexibility index (Phi) is 4.70. The summed E-state index contributed by atoms with van der Waals surface area (Å²) in [5.74, 6) is -1.53. The van der Waals surface area contributed by atoms with Gasteiger partial charge < -0.3 is 10.4 Å². The van der Waals surface area contributed by atoms with Crippen molar-refractivity contribution in [1.82, 2.24) is 4.98 Å². The fraction of sp³-hybridized carbons (Fsp3) is 0.238. The van der Waals surface area contributed by atoms with E-state index in [-0.39, 0.29) is 0 Å². The molecule has 2 aromatic rings. The van der Waals surface area contributed by atoms with Crippen molar-refractivity contribution in [2.75, 3.05) is 5.32 Å². The first kappa shape index (κ1) is 17.0. The minimum atomic E-state index is -0.852. The number of nitrogens with one attached hydrogen (secondary N) is 1. The SMILES string of the molecule is Cc1cccc(NC2(Cc3ccccn3)C=CC=CC2C(=O)O)c1C. The lowest BCUT2D eigenvalue weighted by Crippen LogP contribution is -2.49. The summed E-state index contributed by atoms with van der Waals surface area (Å²) in [6.07, 6.45) is 9.60. The van der Waals surface area contributed by atoms with Crippen molar-refractivity contribution in [3.05, 3.63) is 83.7 Å². The third-order valence-electron chi connectivity index (χ3n) is 4.80. The highest BCUT2D eigenvalue weighted by molar-refractivity contribution is 5.77. The summed E-state index contributed by atoms with van der Waals surface area (Å²) in [5.41, 5.74) is 3.32. The van der Waals surface area contributed by atoms with E-state index in [1.54, 1.807) is 18.3 Å². The molecule has 4 heteroatoms. The number of pyridine rings is 1. The van der Waals surface area contributed by atoms with Crippen LogP contribution in [-0.4, -0.2) is 21.6 Å². The number of anilines is 1. The lowest BCUT2D eigenvalue weighted by Gasteiger charge is -2.38. The monoisotopic (exact) mass is 334 g/mol. The molecule has 3 rings (SSSR count). The van der Waals surface area contributed by atoms with Crippen molar-refractivity contribution in [2.24, 2.45) is 5.92 Å². The van der Waals surface area contributed by atoms with E-state index in [1.807, 2.05) is 49.4 Å². The molecule has 1 aromatic heterocycles. The van der Waals surface area contributed by atoms with Crippen LogP contribution in [0.5, 0.6) is 0 Å². The molecule has 2 atom stereocenters. The summed E-state index contributed by atoms with van der Waals surface area (Å²) < 4.78 is 0. The molecule has 0 amide bonds. The van der Waals surface area contributed by atoms with Crippen LogP contribution in [-0.2, 0) is 11.2 Å². The van der Waals surface area contributed by atoms with E-state index in [1.165, 1.54) is 5.56 Å². The Morgan fingerprint density at radius 2 is 2.04 bits per heavy atom. The topological polar surface area (TPSA) is 62.2 Å². The molecule has 128 valence electrons. The van der Waals surface area contributed by atoms with Gasteiger partial charge in [-0.05, 0) is 43.2 Å². The van der Waals surface area contributed by atoms with Crippen molar-refractivity contribution in [3.8, 4) is 0 Å². The molecule has 0 saturated heterocycles. The minimum absolute atomic E-state index is 0.485. The fourth-order valence-corrected chi connectivity index (χ4v) is 3.25. The van der Waals surface area contributed by atoms with Crippen molar-refractivity contribution >= 4 is 11.7 Å². The number of aliphatic carboxylic acids is 1. The average molecular weight is 334 g/mol. The molecule has 0 radical (unpaired) electrons. The smallest absolute Gasteiger partial charge is 0.313 e. The van der Waals surface area contributed by atoms with Gasteiger partial charge in [0, 0.05) is 24.0 Å². The van der Waals surface area contributed by atoms with Gasteiger partial charge in [0.2, 0.25) is 0 Å².